The lowest BCUT2D eigenvalue weighted by molar-refractivity contribution is -0.151. The Morgan fingerprint density at radius 2 is 2.35 bits per heavy atom. The molecule has 0 radical (unpaired) electrons. The van der Waals surface area contributed by atoms with E-state index in [9.17, 15) is 19.5 Å². The first-order valence-electron chi connectivity index (χ1n) is 6.53. The molecule has 7 nitrogen and oxygen atoms in total. The Morgan fingerprint density at radius 1 is 1.60 bits per heavy atom. The second-order valence-corrected chi connectivity index (χ2v) is 5.24. The van der Waals surface area contributed by atoms with E-state index in [4.69, 9.17) is 9.47 Å². The predicted octanol–water partition coefficient (Wildman–Crippen LogP) is -0.584. The molecule has 20 heavy (non-hydrogen) atoms. The fourth-order valence-corrected chi connectivity index (χ4v) is 3.36. The minimum Gasteiger partial charge on any atom is -0.481 e. The molecule has 108 valence electrons. The molecule has 2 bridgehead atoms. The topological polar surface area (TPSA) is 93.1 Å². The second kappa shape index (κ2) is 4.31. The van der Waals surface area contributed by atoms with E-state index >= 15 is 0 Å². The lowest BCUT2D eigenvalue weighted by atomic mass is 9.77. The standard InChI is InChI=1S/C13H15NO6/c1-2-19-8(15)5-14-6-13-4-3-7(20-13)9(12(17)18)10(13)11(14)16/h3-4,7,9-10H,2,5-6H2,1H3,(H,17,18)/t7-,9-,10-,13-/m1/s1. The highest BCUT2D eigenvalue weighted by Crippen LogP contribution is 2.51. The Bertz CT molecular complexity index is 515. The van der Waals surface area contributed by atoms with Gasteiger partial charge in [-0.25, -0.2) is 0 Å². The van der Waals surface area contributed by atoms with Gasteiger partial charge in [0.25, 0.3) is 0 Å². The maximum atomic E-state index is 12.4. The lowest BCUT2D eigenvalue weighted by Crippen LogP contribution is -2.39. The summed E-state index contributed by atoms with van der Waals surface area (Å²) in [5.41, 5.74) is -0.892. The Kier molecular flexibility index (Phi) is 2.82. The second-order valence-electron chi connectivity index (χ2n) is 5.24. The number of hydrogen-bond donors (Lipinski definition) is 1. The number of nitrogens with zero attached hydrogens (tertiary/aromatic N) is 1. The van der Waals surface area contributed by atoms with E-state index in [0.717, 1.165) is 0 Å². The molecule has 0 unspecified atom stereocenters. The molecule has 0 aromatic rings. The van der Waals surface area contributed by atoms with E-state index in [1.54, 1.807) is 19.1 Å². The van der Waals surface area contributed by atoms with Gasteiger partial charge in [0.15, 0.2) is 0 Å². The van der Waals surface area contributed by atoms with Crippen molar-refractivity contribution in [3.8, 4) is 0 Å². The Labute approximate surface area is 115 Å². The van der Waals surface area contributed by atoms with Crippen LogP contribution in [0.3, 0.4) is 0 Å². The SMILES string of the molecule is CCOC(=O)CN1C[C@@]23C=C[C@@H](O2)[C@@H](C(=O)O)[C@@H]3C1=O. The number of likely N-dealkylation sites (tertiary alicyclic amines) is 1. The van der Waals surface area contributed by atoms with Crippen LogP contribution in [0.15, 0.2) is 12.2 Å². The molecule has 7 heteroatoms. The third kappa shape index (κ3) is 1.66. The van der Waals surface area contributed by atoms with Gasteiger partial charge in [-0.2, -0.15) is 0 Å². The number of carbonyl (C=O) groups excluding carboxylic acids is 2. The summed E-state index contributed by atoms with van der Waals surface area (Å²) in [6.45, 7) is 1.96. The van der Waals surface area contributed by atoms with Crippen LogP contribution in [0.5, 0.6) is 0 Å². The molecule has 2 saturated heterocycles. The number of esters is 1. The number of hydrogen-bond acceptors (Lipinski definition) is 5. The van der Waals surface area contributed by atoms with Gasteiger partial charge in [-0.15, -0.1) is 0 Å². The Morgan fingerprint density at radius 3 is 3.00 bits per heavy atom. The van der Waals surface area contributed by atoms with E-state index in [2.05, 4.69) is 0 Å². The Hall–Kier alpha value is -1.89. The van der Waals surface area contributed by atoms with Crippen molar-refractivity contribution in [3.05, 3.63) is 12.2 Å². The van der Waals surface area contributed by atoms with Crippen LogP contribution in [0.2, 0.25) is 0 Å². The van der Waals surface area contributed by atoms with Crippen LogP contribution in [0, 0.1) is 11.8 Å². The average molecular weight is 281 g/mol. The highest BCUT2D eigenvalue weighted by atomic mass is 16.5. The lowest BCUT2D eigenvalue weighted by Gasteiger charge is -2.21. The van der Waals surface area contributed by atoms with Crippen LogP contribution in [-0.2, 0) is 23.9 Å². The highest BCUT2D eigenvalue weighted by Gasteiger charge is 2.67. The number of fused-ring (bicyclic) bond motifs is 1. The molecule has 2 fully saturated rings. The fourth-order valence-electron chi connectivity index (χ4n) is 3.36. The van der Waals surface area contributed by atoms with Crippen LogP contribution >= 0.6 is 0 Å². The maximum absolute atomic E-state index is 12.4. The molecule has 4 atom stereocenters. The average Bonchev–Trinajstić information content (AvgIpc) is 2.99. The molecule has 1 spiro atoms. The smallest absolute Gasteiger partial charge is 0.325 e. The van der Waals surface area contributed by atoms with Gasteiger partial charge in [-0.1, -0.05) is 12.2 Å². The maximum Gasteiger partial charge on any atom is 0.325 e. The van der Waals surface area contributed by atoms with E-state index in [1.807, 2.05) is 0 Å². The molecule has 3 aliphatic rings. The molecular weight excluding hydrogens is 266 g/mol. The van der Waals surface area contributed by atoms with Crippen molar-refractivity contribution >= 4 is 17.8 Å². The van der Waals surface area contributed by atoms with Crippen molar-refractivity contribution in [3.63, 3.8) is 0 Å². The van der Waals surface area contributed by atoms with Gasteiger partial charge in [0.1, 0.15) is 18.1 Å². The molecule has 3 heterocycles. The van der Waals surface area contributed by atoms with E-state index < -0.39 is 35.5 Å². The normalized spacial score (nSPS) is 37.4. The van der Waals surface area contributed by atoms with Crippen molar-refractivity contribution in [2.45, 2.75) is 18.6 Å². The first kappa shape index (κ1) is 13.1. The van der Waals surface area contributed by atoms with Gasteiger partial charge >= 0.3 is 11.9 Å². The van der Waals surface area contributed by atoms with Crippen molar-refractivity contribution < 1.29 is 29.0 Å². The fraction of sp³-hybridized carbons (Fsp3) is 0.615. The summed E-state index contributed by atoms with van der Waals surface area (Å²) in [4.78, 5) is 36.5. The molecular formula is C13H15NO6. The van der Waals surface area contributed by atoms with Crippen molar-refractivity contribution in [2.24, 2.45) is 11.8 Å². The predicted molar refractivity (Wildman–Crippen MR) is 64.6 cm³/mol. The number of rotatable bonds is 4. The van der Waals surface area contributed by atoms with E-state index in [0.29, 0.717) is 0 Å². The largest absolute Gasteiger partial charge is 0.481 e. The molecule has 1 amide bonds. The summed E-state index contributed by atoms with van der Waals surface area (Å²) in [7, 11) is 0. The highest BCUT2D eigenvalue weighted by molar-refractivity contribution is 5.92. The number of carboxylic acid groups (broad SMARTS) is 1. The molecule has 1 N–H and O–H groups in total. The van der Waals surface area contributed by atoms with E-state index in [1.165, 1.54) is 4.90 Å². The summed E-state index contributed by atoms with van der Waals surface area (Å²) in [5.74, 6) is -3.51. The van der Waals surface area contributed by atoms with Crippen molar-refractivity contribution in [1.82, 2.24) is 4.90 Å². The number of carboxylic acids is 1. The van der Waals surface area contributed by atoms with Crippen molar-refractivity contribution in [2.75, 3.05) is 19.7 Å². The summed E-state index contributed by atoms with van der Waals surface area (Å²) in [5, 5.41) is 9.27. The zero-order valence-corrected chi connectivity index (χ0v) is 10.9. The van der Waals surface area contributed by atoms with Crippen LogP contribution in [0.1, 0.15) is 6.92 Å². The third-order valence-electron chi connectivity index (χ3n) is 4.09. The minimum absolute atomic E-state index is 0.168. The number of aliphatic carboxylic acids is 1. The quantitative estimate of drug-likeness (QED) is 0.547. The van der Waals surface area contributed by atoms with Gasteiger partial charge in [-0.05, 0) is 6.92 Å². The summed E-state index contributed by atoms with van der Waals surface area (Å²) in [6.07, 6.45) is 2.90. The first-order valence-corrected chi connectivity index (χ1v) is 6.53. The monoisotopic (exact) mass is 281 g/mol. The third-order valence-corrected chi connectivity index (χ3v) is 4.09. The summed E-state index contributed by atoms with van der Waals surface area (Å²) < 4.78 is 10.5. The summed E-state index contributed by atoms with van der Waals surface area (Å²) in [6, 6.07) is 0. The van der Waals surface area contributed by atoms with Gasteiger partial charge in [0.2, 0.25) is 5.91 Å². The first-order chi connectivity index (χ1) is 9.48. The number of ether oxygens (including phenoxy) is 2. The zero-order valence-electron chi connectivity index (χ0n) is 10.9. The molecule has 0 saturated carbocycles. The van der Waals surface area contributed by atoms with Crippen LogP contribution in [0.25, 0.3) is 0 Å². The van der Waals surface area contributed by atoms with Gasteiger partial charge in [0, 0.05) is 0 Å². The molecule has 0 aromatic heterocycles. The molecule has 3 aliphatic heterocycles. The van der Waals surface area contributed by atoms with Gasteiger partial charge in [0.05, 0.1) is 25.2 Å². The number of amides is 1. The molecule has 3 rings (SSSR count). The Balaban J connectivity index is 1.82. The van der Waals surface area contributed by atoms with Crippen LogP contribution < -0.4 is 0 Å². The zero-order chi connectivity index (χ0) is 14.5. The summed E-state index contributed by atoms with van der Waals surface area (Å²) >= 11 is 0. The van der Waals surface area contributed by atoms with Crippen LogP contribution in [-0.4, -0.2) is 59.3 Å². The molecule has 0 aromatic carbocycles. The van der Waals surface area contributed by atoms with E-state index in [-0.39, 0.29) is 25.6 Å². The van der Waals surface area contributed by atoms with Gasteiger partial charge in [-0.3, -0.25) is 14.4 Å². The van der Waals surface area contributed by atoms with Crippen molar-refractivity contribution in [1.29, 1.82) is 0 Å². The van der Waals surface area contributed by atoms with Crippen LogP contribution in [0.4, 0.5) is 0 Å². The van der Waals surface area contributed by atoms with Gasteiger partial charge < -0.3 is 19.5 Å². The minimum atomic E-state index is -1.04. The molecule has 0 aliphatic carbocycles. The number of carbonyl (C=O) groups is 3.